The SMILES string of the molecule is CCn1cc(-c2ccc3ccc(I)n3c2)cn1. The molecule has 4 heteroatoms. The van der Waals surface area contributed by atoms with Crippen LogP contribution in [0.25, 0.3) is 16.6 Å². The normalized spacial score (nSPS) is 11.2. The van der Waals surface area contributed by atoms with Crippen molar-refractivity contribution in [2.75, 3.05) is 0 Å². The van der Waals surface area contributed by atoms with E-state index in [0.29, 0.717) is 0 Å². The predicted molar refractivity (Wildman–Crippen MR) is 77.0 cm³/mol. The fourth-order valence-corrected chi connectivity index (χ4v) is 2.52. The molecule has 0 bridgehead atoms. The first-order chi connectivity index (χ1) is 8.28. The van der Waals surface area contributed by atoms with E-state index in [-0.39, 0.29) is 0 Å². The zero-order valence-corrected chi connectivity index (χ0v) is 11.6. The van der Waals surface area contributed by atoms with Crippen LogP contribution in [0.5, 0.6) is 0 Å². The van der Waals surface area contributed by atoms with Gasteiger partial charge in [-0.2, -0.15) is 5.10 Å². The third-order valence-electron chi connectivity index (χ3n) is 2.89. The van der Waals surface area contributed by atoms with Crippen molar-refractivity contribution in [1.82, 2.24) is 14.2 Å². The van der Waals surface area contributed by atoms with E-state index in [2.05, 4.69) is 75.7 Å². The van der Waals surface area contributed by atoms with Crippen LogP contribution in [0.15, 0.2) is 42.9 Å². The van der Waals surface area contributed by atoms with Gasteiger partial charge in [0.2, 0.25) is 0 Å². The molecule has 0 spiro atoms. The molecule has 0 aliphatic heterocycles. The highest BCUT2D eigenvalue weighted by Crippen LogP contribution is 2.21. The van der Waals surface area contributed by atoms with Crippen LogP contribution in [-0.2, 0) is 6.54 Å². The molecule has 0 saturated heterocycles. The standard InChI is InChI=1S/C13H12IN3/c1-2-16-8-11(7-15-16)10-3-4-12-5-6-13(14)17(12)9-10/h3-9H,2H2,1H3. The number of rotatable bonds is 2. The molecule has 0 radical (unpaired) electrons. The molecule has 3 aromatic rings. The average molecular weight is 337 g/mol. The summed E-state index contributed by atoms with van der Waals surface area (Å²) in [7, 11) is 0. The number of hydrogen-bond donors (Lipinski definition) is 0. The first kappa shape index (κ1) is 10.8. The molecule has 0 amide bonds. The molecular formula is C13H12IN3. The van der Waals surface area contributed by atoms with E-state index in [1.807, 2.05) is 10.9 Å². The van der Waals surface area contributed by atoms with Crippen LogP contribution in [-0.4, -0.2) is 14.2 Å². The largest absolute Gasteiger partial charge is 0.311 e. The van der Waals surface area contributed by atoms with E-state index < -0.39 is 0 Å². The molecule has 3 rings (SSSR count). The molecule has 0 aliphatic carbocycles. The molecule has 0 aromatic carbocycles. The Balaban J connectivity index is 2.13. The Morgan fingerprint density at radius 1 is 1.12 bits per heavy atom. The zero-order chi connectivity index (χ0) is 11.8. The van der Waals surface area contributed by atoms with Crippen LogP contribution >= 0.6 is 22.6 Å². The van der Waals surface area contributed by atoms with Crippen LogP contribution in [0.2, 0.25) is 0 Å². The van der Waals surface area contributed by atoms with Crippen LogP contribution in [0, 0.1) is 3.70 Å². The summed E-state index contributed by atoms with van der Waals surface area (Å²) in [5, 5.41) is 4.31. The first-order valence-corrected chi connectivity index (χ1v) is 6.65. The topological polar surface area (TPSA) is 22.2 Å². The molecule has 17 heavy (non-hydrogen) atoms. The third kappa shape index (κ3) is 1.86. The number of hydrogen-bond acceptors (Lipinski definition) is 1. The lowest BCUT2D eigenvalue weighted by Crippen LogP contribution is -1.92. The Hall–Kier alpha value is -1.30. The number of halogens is 1. The van der Waals surface area contributed by atoms with Crippen molar-refractivity contribution in [3.8, 4) is 11.1 Å². The van der Waals surface area contributed by atoms with Gasteiger partial charge in [-0.1, -0.05) is 6.07 Å². The van der Waals surface area contributed by atoms with Crippen LogP contribution < -0.4 is 0 Å². The van der Waals surface area contributed by atoms with Crippen LogP contribution in [0.3, 0.4) is 0 Å². The van der Waals surface area contributed by atoms with Crippen molar-refractivity contribution in [2.45, 2.75) is 13.5 Å². The number of aryl methyl sites for hydroxylation is 1. The second-order valence-electron chi connectivity index (χ2n) is 3.95. The molecule has 0 fully saturated rings. The van der Waals surface area contributed by atoms with Crippen molar-refractivity contribution in [2.24, 2.45) is 0 Å². The van der Waals surface area contributed by atoms with Gasteiger partial charge in [0.1, 0.15) is 0 Å². The minimum Gasteiger partial charge on any atom is -0.311 e. The molecule has 0 atom stereocenters. The molecular weight excluding hydrogens is 325 g/mol. The van der Waals surface area contributed by atoms with Crippen molar-refractivity contribution >= 4 is 28.1 Å². The average Bonchev–Trinajstić information content (AvgIpc) is 2.96. The summed E-state index contributed by atoms with van der Waals surface area (Å²) in [6.07, 6.45) is 6.16. The zero-order valence-electron chi connectivity index (χ0n) is 9.47. The van der Waals surface area contributed by atoms with Crippen molar-refractivity contribution < 1.29 is 0 Å². The quantitative estimate of drug-likeness (QED) is 0.657. The molecule has 86 valence electrons. The van der Waals surface area contributed by atoms with Gasteiger partial charge in [-0.15, -0.1) is 0 Å². The Morgan fingerprint density at radius 3 is 2.71 bits per heavy atom. The lowest BCUT2D eigenvalue weighted by atomic mass is 10.1. The maximum absolute atomic E-state index is 4.31. The van der Waals surface area contributed by atoms with Gasteiger partial charge >= 0.3 is 0 Å². The predicted octanol–water partition coefficient (Wildman–Crippen LogP) is 3.43. The van der Waals surface area contributed by atoms with Gasteiger partial charge in [-0.05, 0) is 47.7 Å². The van der Waals surface area contributed by atoms with Gasteiger partial charge in [0, 0.05) is 35.6 Å². The second-order valence-corrected chi connectivity index (χ2v) is 5.06. The molecule has 0 unspecified atom stereocenters. The first-order valence-electron chi connectivity index (χ1n) is 5.57. The van der Waals surface area contributed by atoms with E-state index in [9.17, 15) is 0 Å². The van der Waals surface area contributed by atoms with Gasteiger partial charge in [-0.25, -0.2) is 0 Å². The fourth-order valence-electron chi connectivity index (χ4n) is 1.92. The molecule has 0 saturated carbocycles. The van der Waals surface area contributed by atoms with Gasteiger partial charge in [-0.3, -0.25) is 4.68 Å². The highest BCUT2D eigenvalue weighted by atomic mass is 127. The molecule has 3 nitrogen and oxygen atoms in total. The van der Waals surface area contributed by atoms with Crippen molar-refractivity contribution in [3.63, 3.8) is 0 Å². The van der Waals surface area contributed by atoms with Gasteiger partial charge < -0.3 is 4.40 Å². The summed E-state index contributed by atoms with van der Waals surface area (Å²) < 4.78 is 5.36. The summed E-state index contributed by atoms with van der Waals surface area (Å²) in [5.41, 5.74) is 3.59. The number of nitrogens with zero attached hydrogens (tertiary/aromatic N) is 3. The van der Waals surface area contributed by atoms with Gasteiger partial charge in [0.25, 0.3) is 0 Å². The number of pyridine rings is 1. The molecule has 0 aliphatic rings. The lowest BCUT2D eigenvalue weighted by molar-refractivity contribution is 0.660. The van der Waals surface area contributed by atoms with Gasteiger partial charge in [0.15, 0.2) is 0 Å². The Morgan fingerprint density at radius 2 is 1.94 bits per heavy atom. The Labute approximate surface area is 113 Å². The lowest BCUT2D eigenvalue weighted by Gasteiger charge is -2.01. The smallest absolute Gasteiger partial charge is 0.0844 e. The minimum atomic E-state index is 0.906. The number of fused-ring (bicyclic) bond motifs is 1. The van der Waals surface area contributed by atoms with Crippen LogP contribution in [0.4, 0.5) is 0 Å². The fraction of sp³-hybridized carbons (Fsp3) is 0.154. The highest BCUT2D eigenvalue weighted by molar-refractivity contribution is 14.1. The maximum Gasteiger partial charge on any atom is 0.0844 e. The molecule has 3 aromatic heterocycles. The van der Waals surface area contributed by atoms with Crippen molar-refractivity contribution in [3.05, 3.63) is 46.6 Å². The van der Waals surface area contributed by atoms with E-state index in [0.717, 1.165) is 6.54 Å². The summed E-state index contributed by atoms with van der Waals surface area (Å²) in [6.45, 7) is 3.00. The van der Waals surface area contributed by atoms with E-state index in [1.165, 1.54) is 20.3 Å². The Bertz CT molecular complexity index is 666. The summed E-state index contributed by atoms with van der Waals surface area (Å²) in [6, 6.07) is 8.53. The molecule has 0 N–H and O–H groups in total. The van der Waals surface area contributed by atoms with E-state index in [1.54, 1.807) is 0 Å². The second kappa shape index (κ2) is 4.18. The maximum atomic E-state index is 4.31. The summed E-state index contributed by atoms with van der Waals surface area (Å²) in [5.74, 6) is 0. The summed E-state index contributed by atoms with van der Waals surface area (Å²) >= 11 is 2.34. The minimum absolute atomic E-state index is 0.906. The van der Waals surface area contributed by atoms with E-state index in [4.69, 9.17) is 0 Å². The summed E-state index contributed by atoms with van der Waals surface area (Å²) in [4.78, 5) is 0. The highest BCUT2D eigenvalue weighted by Gasteiger charge is 2.04. The van der Waals surface area contributed by atoms with Gasteiger partial charge in [0.05, 0.1) is 9.90 Å². The monoisotopic (exact) mass is 337 g/mol. The van der Waals surface area contributed by atoms with Crippen LogP contribution in [0.1, 0.15) is 6.92 Å². The third-order valence-corrected chi connectivity index (χ3v) is 3.77. The Kier molecular flexibility index (Phi) is 2.66. The molecule has 3 heterocycles. The van der Waals surface area contributed by atoms with Crippen molar-refractivity contribution in [1.29, 1.82) is 0 Å². The van der Waals surface area contributed by atoms with E-state index >= 15 is 0 Å². The number of aromatic nitrogens is 3.